The van der Waals surface area contributed by atoms with Gasteiger partial charge in [-0.15, -0.1) is 21.5 Å². The number of nitrogens with zero attached hydrogens (tertiary/aromatic N) is 4. The Labute approximate surface area is 98.5 Å². The van der Waals surface area contributed by atoms with Crippen LogP contribution in [0.3, 0.4) is 0 Å². The van der Waals surface area contributed by atoms with Crippen molar-refractivity contribution in [1.29, 1.82) is 0 Å². The van der Waals surface area contributed by atoms with Gasteiger partial charge in [0.1, 0.15) is 17.2 Å². The maximum absolute atomic E-state index is 4.27. The quantitative estimate of drug-likeness (QED) is 0.858. The molecule has 6 heteroatoms. The summed E-state index contributed by atoms with van der Waals surface area (Å²) < 4.78 is 2.03. The molecule has 2 aromatic heterocycles. The molecule has 2 heterocycles. The Balaban J connectivity index is 1.92. The minimum atomic E-state index is 0.252. The third kappa shape index (κ3) is 2.45. The lowest BCUT2D eigenvalue weighted by Gasteiger charge is -2.10. The van der Waals surface area contributed by atoms with E-state index in [2.05, 4.69) is 34.3 Å². The Kier molecular flexibility index (Phi) is 3.63. The van der Waals surface area contributed by atoms with Gasteiger partial charge in [0.15, 0.2) is 0 Å². The fourth-order valence-corrected chi connectivity index (χ4v) is 2.13. The molecule has 2 rings (SSSR count). The van der Waals surface area contributed by atoms with Crippen LogP contribution >= 0.6 is 11.3 Å². The van der Waals surface area contributed by atoms with Crippen LogP contribution in [-0.2, 0) is 13.1 Å². The van der Waals surface area contributed by atoms with Gasteiger partial charge in [-0.1, -0.05) is 0 Å². The highest BCUT2D eigenvalue weighted by Gasteiger charge is 2.09. The number of thiazole rings is 1. The first-order valence-corrected chi connectivity index (χ1v) is 6.18. The molecule has 1 atom stereocenters. The van der Waals surface area contributed by atoms with E-state index >= 15 is 0 Å². The van der Waals surface area contributed by atoms with E-state index in [1.807, 2.05) is 16.1 Å². The number of rotatable bonds is 5. The van der Waals surface area contributed by atoms with E-state index < -0.39 is 0 Å². The van der Waals surface area contributed by atoms with Gasteiger partial charge in [-0.3, -0.25) is 0 Å². The first-order valence-electron chi connectivity index (χ1n) is 5.30. The van der Waals surface area contributed by atoms with Crippen molar-refractivity contribution in [1.82, 2.24) is 25.1 Å². The van der Waals surface area contributed by atoms with Gasteiger partial charge in [0.25, 0.3) is 0 Å². The molecule has 0 amide bonds. The zero-order valence-corrected chi connectivity index (χ0v) is 10.2. The average molecular weight is 237 g/mol. The summed E-state index contributed by atoms with van der Waals surface area (Å²) in [6.07, 6.45) is 3.58. The Bertz CT molecular complexity index is 422. The normalized spacial score (nSPS) is 12.9. The lowest BCUT2D eigenvalue weighted by atomic mass is 10.3. The molecular weight excluding hydrogens is 222 g/mol. The molecule has 0 fully saturated rings. The van der Waals surface area contributed by atoms with E-state index in [-0.39, 0.29) is 6.04 Å². The van der Waals surface area contributed by atoms with Crippen LogP contribution in [0.25, 0.3) is 0 Å². The Hall–Kier alpha value is -1.27. The highest BCUT2D eigenvalue weighted by atomic mass is 32.1. The second-order valence-corrected chi connectivity index (χ2v) is 4.43. The van der Waals surface area contributed by atoms with Crippen LogP contribution in [0.15, 0.2) is 17.9 Å². The van der Waals surface area contributed by atoms with Gasteiger partial charge >= 0.3 is 0 Å². The molecule has 0 spiro atoms. The van der Waals surface area contributed by atoms with E-state index in [0.29, 0.717) is 6.54 Å². The number of aryl methyl sites for hydroxylation is 1. The van der Waals surface area contributed by atoms with Crippen molar-refractivity contribution in [3.63, 3.8) is 0 Å². The summed E-state index contributed by atoms with van der Waals surface area (Å²) in [5.74, 6) is 0.964. The molecule has 0 bridgehead atoms. The summed E-state index contributed by atoms with van der Waals surface area (Å²) in [7, 11) is 0. The van der Waals surface area contributed by atoms with Crippen molar-refractivity contribution in [2.24, 2.45) is 0 Å². The third-order valence-corrected chi connectivity index (χ3v) is 3.38. The van der Waals surface area contributed by atoms with Gasteiger partial charge in [-0.25, -0.2) is 4.98 Å². The smallest absolute Gasteiger partial charge is 0.146 e. The highest BCUT2D eigenvalue weighted by molar-refractivity contribution is 7.09. The van der Waals surface area contributed by atoms with Crippen LogP contribution in [0, 0.1) is 0 Å². The van der Waals surface area contributed by atoms with E-state index in [1.54, 1.807) is 17.7 Å². The fourth-order valence-electron chi connectivity index (χ4n) is 1.46. The summed E-state index contributed by atoms with van der Waals surface area (Å²) in [6, 6.07) is 0.252. The molecule has 5 nitrogen and oxygen atoms in total. The summed E-state index contributed by atoms with van der Waals surface area (Å²) in [5.41, 5.74) is 0. The van der Waals surface area contributed by atoms with Gasteiger partial charge in [-0.2, -0.15) is 0 Å². The average Bonchev–Trinajstić information content (AvgIpc) is 2.96. The monoisotopic (exact) mass is 237 g/mol. The maximum atomic E-state index is 4.27. The highest BCUT2D eigenvalue weighted by Crippen LogP contribution is 2.14. The zero-order chi connectivity index (χ0) is 11.4. The van der Waals surface area contributed by atoms with Crippen molar-refractivity contribution < 1.29 is 0 Å². The number of aromatic nitrogens is 4. The van der Waals surface area contributed by atoms with E-state index in [1.165, 1.54) is 0 Å². The van der Waals surface area contributed by atoms with Crippen molar-refractivity contribution in [3.05, 3.63) is 28.7 Å². The van der Waals surface area contributed by atoms with E-state index in [9.17, 15) is 0 Å². The van der Waals surface area contributed by atoms with Gasteiger partial charge in [0, 0.05) is 18.1 Å². The van der Waals surface area contributed by atoms with Crippen LogP contribution in [0.2, 0.25) is 0 Å². The van der Waals surface area contributed by atoms with Crippen molar-refractivity contribution in [3.8, 4) is 0 Å². The molecule has 86 valence electrons. The largest absolute Gasteiger partial charge is 0.317 e. The van der Waals surface area contributed by atoms with Crippen LogP contribution in [-0.4, -0.2) is 19.7 Å². The number of hydrogen-bond acceptors (Lipinski definition) is 5. The lowest BCUT2D eigenvalue weighted by molar-refractivity contribution is 0.537. The molecule has 0 saturated heterocycles. The van der Waals surface area contributed by atoms with Gasteiger partial charge in [0.2, 0.25) is 0 Å². The zero-order valence-electron chi connectivity index (χ0n) is 9.42. The van der Waals surface area contributed by atoms with Crippen LogP contribution in [0.4, 0.5) is 0 Å². The molecular formula is C10H15N5S. The van der Waals surface area contributed by atoms with Crippen LogP contribution < -0.4 is 5.32 Å². The molecule has 1 unspecified atom stereocenters. The Morgan fingerprint density at radius 2 is 2.44 bits per heavy atom. The SMILES string of the molecule is CCn1cnnc1CNC(C)c1nccs1. The van der Waals surface area contributed by atoms with Gasteiger partial charge < -0.3 is 9.88 Å². The predicted molar refractivity (Wildman–Crippen MR) is 63.1 cm³/mol. The van der Waals surface area contributed by atoms with Gasteiger partial charge in [-0.05, 0) is 13.8 Å². The number of hydrogen-bond donors (Lipinski definition) is 1. The molecule has 0 aliphatic heterocycles. The summed E-state index contributed by atoms with van der Waals surface area (Å²) in [4.78, 5) is 4.27. The molecule has 2 aromatic rings. The van der Waals surface area contributed by atoms with E-state index in [0.717, 1.165) is 17.4 Å². The summed E-state index contributed by atoms with van der Waals surface area (Å²) in [6.45, 7) is 5.80. The molecule has 0 aromatic carbocycles. The van der Waals surface area contributed by atoms with Crippen molar-refractivity contribution in [2.45, 2.75) is 33.0 Å². The maximum Gasteiger partial charge on any atom is 0.146 e. The Morgan fingerprint density at radius 1 is 1.56 bits per heavy atom. The van der Waals surface area contributed by atoms with Crippen LogP contribution in [0.5, 0.6) is 0 Å². The standard InChI is InChI=1S/C10H15N5S/c1-3-15-7-13-14-9(15)6-12-8(2)10-11-4-5-16-10/h4-5,7-8,12H,3,6H2,1-2H3. The lowest BCUT2D eigenvalue weighted by Crippen LogP contribution is -2.20. The van der Waals surface area contributed by atoms with Gasteiger partial charge in [0.05, 0.1) is 12.6 Å². The minimum absolute atomic E-state index is 0.252. The molecule has 0 radical (unpaired) electrons. The molecule has 1 N–H and O–H groups in total. The van der Waals surface area contributed by atoms with Crippen LogP contribution in [0.1, 0.15) is 30.7 Å². The third-order valence-electron chi connectivity index (χ3n) is 2.42. The molecule has 0 aliphatic rings. The second kappa shape index (κ2) is 5.18. The number of nitrogens with one attached hydrogen (secondary N) is 1. The first-order chi connectivity index (χ1) is 7.81. The summed E-state index contributed by atoms with van der Waals surface area (Å²) >= 11 is 1.66. The van der Waals surface area contributed by atoms with Crippen molar-refractivity contribution in [2.75, 3.05) is 0 Å². The first kappa shape index (κ1) is 11.2. The molecule has 0 aliphatic carbocycles. The topological polar surface area (TPSA) is 55.6 Å². The second-order valence-electron chi connectivity index (χ2n) is 3.51. The van der Waals surface area contributed by atoms with Crippen molar-refractivity contribution >= 4 is 11.3 Å². The molecule has 16 heavy (non-hydrogen) atoms. The predicted octanol–water partition coefficient (Wildman–Crippen LogP) is 1.61. The summed E-state index contributed by atoms with van der Waals surface area (Å²) in [5, 5.41) is 14.4. The molecule has 0 saturated carbocycles. The van der Waals surface area contributed by atoms with E-state index in [4.69, 9.17) is 0 Å². The fraction of sp³-hybridized carbons (Fsp3) is 0.500. The Morgan fingerprint density at radius 3 is 3.12 bits per heavy atom. The minimum Gasteiger partial charge on any atom is -0.317 e.